The molecule has 2 amide bonds. The Morgan fingerprint density at radius 1 is 1.38 bits per heavy atom. The zero-order chi connectivity index (χ0) is 18.5. The molecule has 1 unspecified atom stereocenters. The quantitative estimate of drug-likeness (QED) is 0.782. The number of allylic oxidation sites excluding steroid dienone is 2. The molecule has 1 atom stereocenters. The van der Waals surface area contributed by atoms with Crippen LogP contribution in [0.1, 0.15) is 40.2 Å². The Balaban J connectivity index is 1.67. The van der Waals surface area contributed by atoms with Gasteiger partial charge in [-0.2, -0.15) is 0 Å². The third kappa shape index (κ3) is 4.58. The SMILES string of the molecule is Cc1ccc(C(=O)N(C)Cc2nccs2)cc1NC(=O)CC1C=CCC1. The highest BCUT2D eigenvalue weighted by molar-refractivity contribution is 7.09. The van der Waals surface area contributed by atoms with Crippen molar-refractivity contribution in [3.05, 3.63) is 58.1 Å². The molecule has 2 aromatic rings. The van der Waals surface area contributed by atoms with E-state index < -0.39 is 0 Å². The van der Waals surface area contributed by atoms with Gasteiger partial charge in [-0.1, -0.05) is 18.2 Å². The molecular weight excluding hydrogens is 346 g/mol. The van der Waals surface area contributed by atoms with Crippen molar-refractivity contribution in [1.82, 2.24) is 9.88 Å². The van der Waals surface area contributed by atoms with Crippen LogP contribution in [0.4, 0.5) is 5.69 Å². The minimum absolute atomic E-state index is 0.00890. The molecule has 1 heterocycles. The van der Waals surface area contributed by atoms with Crippen LogP contribution in [0.5, 0.6) is 0 Å². The molecule has 0 fully saturated rings. The lowest BCUT2D eigenvalue weighted by molar-refractivity contribution is -0.116. The number of benzene rings is 1. The van der Waals surface area contributed by atoms with Gasteiger partial charge in [0.1, 0.15) is 5.01 Å². The van der Waals surface area contributed by atoms with Crippen LogP contribution in [-0.4, -0.2) is 28.7 Å². The number of hydrogen-bond acceptors (Lipinski definition) is 4. The summed E-state index contributed by atoms with van der Waals surface area (Å²) in [6.07, 6.45) is 8.54. The van der Waals surface area contributed by atoms with Crippen molar-refractivity contribution < 1.29 is 9.59 Å². The van der Waals surface area contributed by atoms with Crippen LogP contribution in [0.15, 0.2) is 41.9 Å². The first-order valence-corrected chi connectivity index (χ1v) is 9.62. The van der Waals surface area contributed by atoms with Gasteiger partial charge in [-0.3, -0.25) is 9.59 Å². The maximum absolute atomic E-state index is 12.7. The Hall–Kier alpha value is -2.47. The average molecular weight is 369 g/mol. The van der Waals surface area contributed by atoms with Crippen LogP contribution >= 0.6 is 11.3 Å². The summed E-state index contributed by atoms with van der Waals surface area (Å²) >= 11 is 1.53. The molecule has 0 bridgehead atoms. The molecular formula is C20H23N3O2S. The van der Waals surface area contributed by atoms with Crippen LogP contribution < -0.4 is 5.32 Å². The summed E-state index contributed by atoms with van der Waals surface area (Å²) in [5, 5.41) is 5.75. The maximum atomic E-state index is 12.7. The topological polar surface area (TPSA) is 62.3 Å². The minimum atomic E-state index is -0.0885. The molecule has 0 saturated heterocycles. The minimum Gasteiger partial charge on any atom is -0.335 e. The zero-order valence-electron chi connectivity index (χ0n) is 15.1. The fraction of sp³-hybridized carbons (Fsp3) is 0.350. The Labute approximate surface area is 157 Å². The fourth-order valence-corrected chi connectivity index (χ4v) is 3.69. The molecule has 1 aliphatic carbocycles. The van der Waals surface area contributed by atoms with Gasteiger partial charge in [-0.25, -0.2) is 4.98 Å². The molecule has 0 aliphatic heterocycles. The molecule has 6 heteroatoms. The molecule has 3 rings (SSSR count). The first kappa shape index (κ1) is 18.3. The number of hydrogen-bond donors (Lipinski definition) is 1. The van der Waals surface area contributed by atoms with E-state index in [1.54, 1.807) is 30.3 Å². The van der Waals surface area contributed by atoms with Gasteiger partial charge in [0.15, 0.2) is 0 Å². The van der Waals surface area contributed by atoms with Crippen LogP contribution in [0.2, 0.25) is 0 Å². The van der Waals surface area contributed by atoms with Crippen molar-refractivity contribution in [2.75, 3.05) is 12.4 Å². The van der Waals surface area contributed by atoms with Gasteiger partial charge in [0.25, 0.3) is 5.91 Å². The maximum Gasteiger partial charge on any atom is 0.254 e. The van der Waals surface area contributed by atoms with Gasteiger partial charge in [0.2, 0.25) is 5.91 Å². The molecule has 0 spiro atoms. The second kappa shape index (κ2) is 8.27. The van der Waals surface area contributed by atoms with E-state index in [0.29, 0.717) is 30.1 Å². The normalized spacial score (nSPS) is 15.8. The summed E-state index contributed by atoms with van der Waals surface area (Å²) < 4.78 is 0. The monoisotopic (exact) mass is 369 g/mol. The van der Waals surface area contributed by atoms with E-state index in [4.69, 9.17) is 0 Å². The van der Waals surface area contributed by atoms with Crippen molar-refractivity contribution in [3.63, 3.8) is 0 Å². The lowest BCUT2D eigenvalue weighted by Gasteiger charge is -2.17. The molecule has 1 aromatic heterocycles. The number of aromatic nitrogens is 1. The van der Waals surface area contributed by atoms with Crippen LogP contribution in [0, 0.1) is 12.8 Å². The number of nitrogens with one attached hydrogen (secondary N) is 1. The lowest BCUT2D eigenvalue weighted by atomic mass is 10.0. The van der Waals surface area contributed by atoms with Gasteiger partial charge in [-0.15, -0.1) is 11.3 Å². The predicted octanol–water partition coefficient (Wildman–Crippen LogP) is 4.02. The third-order valence-corrected chi connectivity index (χ3v) is 5.29. The number of carbonyl (C=O) groups is 2. The van der Waals surface area contributed by atoms with E-state index in [1.165, 1.54) is 11.3 Å². The second-order valence-corrected chi connectivity index (χ2v) is 7.61. The van der Waals surface area contributed by atoms with Crippen LogP contribution in [-0.2, 0) is 11.3 Å². The fourth-order valence-electron chi connectivity index (χ4n) is 3.02. The van der Waals surface area contributed by atoms with E-state index >= 15 is 0 Å². The van der Waals surface area contributed by atoms with E-state index in [-0.39, 0.29) is 11.8 Å². The number of carbonyl (C=O) groups excluding carboxylic acids is 2. The number of aryl methyl sites for hydroxylation is 1. The largest absolute Gasteiger partial charge is 0.335 e. The van der Waals surface area contributed by atoms with Crippen LogP contribution in [0.3, 0.4) is 0 Å². The first-order chi connectivity index (χ1) is 12.5. The first-order valence-electron chi connectivity index (χ1n) is 8.74. The average Bonchev–Trinajstić information content (AvgIpc) is 3.30. The second-order valence-electron chi connectivity index (χ2n) is 6.63. The van der Waals surface area contributed by atoms with Gasteiger partial charge in [-0.05, 0) is 43.4 Å². The summed E-state index contributed by atoms with van der Waals surface area (Å²) in [6, 6.07) is 5.43. The summed E-state index contributed by atoms with van der Waals surface area (Å²) in [7, 11) is 1.76. The van der Waals surface area contributed by atoms with Crippen molar-refractivity contribution in [2.45, 2.75) is 32.7 Å². The number of nitrogens with zero attached hydrogens (tertiary/aromatic N) is 2. The van der Waals surface area contributed by atoms with Gasteiger partial charge in [0, 0.05) is 36.3 Å². The Morgan fingerprint density at radius 2 is 2.23 bits per heavy atom. The molecule has 1 N–H and O–H groups in total. The molecule has 26 heavy (non-hydrogen) atoms. The van der Waals surface area contributed by atoms with E-state index in [2.05, 4.69) is 22.5 Å². The van der Waals surface area contributed by atoms with Gasteiger partial charge in [0.05, 0.1) is 6.54 Å². The zero-order valence-corrected chi connectivity index (χ0v) is 15.9. The molecule has 5 nitrogen and oxygen atoms in total. The molecule has 0 radical (unpaired) electrons. The highest BCUT2D eigenvalue weighted by atomic mass is 32.1. The highest BCUT2D eigenvalue weighted by Gasteiger charge is 2.17. The molecule has 0 saturated carbocycles. The van der Waals surface area contributed by atoms with Crippen molar-refractivity contribution in [3.8, 4) is 0 Å². The summed E-state index contributed by atoms with van der Waals surface area (Å²) in [4.78, 5) is 30.8. The van der Waals surface area contributed by atoms with E-state index in [9.17, 15) is 9.59 Å². The summed E-state index contributed by atoms with van der Waals surface area (Å²) in [6.45, 7) is 2.40. The smallest absolute Gasteiger partial charge is 0.254 e. The van der Waals surface area contributed by atoms with E-state index in [0.717, 1.165) is 23.4 Å². The summed E-state index contributed by atoms with van der Waals surface area (Å²) in [5.74, 6) is 0.226. The van der Waals surface area contributed by atoms with Crippen molar-refractivity contribution in [1.29, 1.82) is 0 Å². The number of anilines is 1. The standard InChI is InChI=1S/C20H23N3O2S/c1-14-7-8-16(20(25)23(2)13-19-21-9-10-26-19)12-17(14)22-18(24)11-15-5-3-4-6-15/h3,5,7-10,12,15H,4,6,11,13H2,1-2H3,(H,22,24). The van der Waals surface area contributed by atoms with Gasteiger partial charge >= 0.3 is 0 Å². The van der Waals surface area contributed by atoms with Crippen LogP contribution in [0.25, 0.3) is 0 Å². The Kier molecular flexibility index (Phi) is 5.83. The van der Waals surface area contributed by atoms with E-state index in [1.807, 2.05) is 18.4 Å². The third-order valence-electron chi connectivity index (χ3n) is 4.52. The Bertz CT molecular complexity index is 814. The van der Waals surface area contributed by atoms with Crippen molar-refractivity contribution >= 4 is 28.8 Å². The summed E-state index contributed by atoms with van der Waals surface area (Å²) in [5.41, 5.74) is 2.20. The molecule has 1 aliphatic rings. The van der Waals surface area contributed by atoms with Gasteiger partial charge < -0.3 is 10.2 Å². The highest BCUT2D eigenvalue weighted by Crippen LogP contribution is 2.23. The Morgan fingerprint density at radius 3 is 2.92 bits per heavy atom. The number of rotatable bonds is 6. The molecule has 136 valence electrons. The number of thiazole rings is 1. The number of amides is 2. The predicted molar refractivity (Wildman–Crippen MR) is 104 cm³/mol. The van der Waals surface area contributed by atoms with Crippen molar-refractivity contribution in [2.24, 2.45) is 5.92 Å². The molecule has 1 aromatic carbocycles. The lowest BCUT2D eigenvalue weighted by Crippen LogP contribution is -2.26.